The van der Waals surface area contributed by atoms with Crippen LogP contribution in [0, 0.1) is 5.92 Å². The van der Waals surface area contributed by atoms with Crippen LogP contribution in [0.4, 0.5) is 0 Å². The summed E-state index contributed by atoms with van der Waals surface area (Å²) in [6.45, 7) is 3.51. The summed E-state index contributed by atoms with van der Waals surface area (Å²) in [5.41, 5.74) is 0. The van der Waals surface area contributed by atoms with Crippen molar-refractivity contribution in [2.24, 2.45) is 5.92 Å². The fourth-order valence-electron chi connectivity index (χ4n) is 2.21. The van der Waals surface area contributed by atoms with Crippen molar-refractivity contribution in [3.05, 3.63) is 0 Å². The molecule has 23 heavy (non-hydrogen) atoms. The fraction of sp³-hybridized carbons (Fsp3) is 0.714. The van der Waals surface area contributed by atoms with Gasteiger partial charge in [0, 0.05) is 0 Å². The van der Waals surface area contributed by atoms with Crippen molar-refractivity contribution in [1.82, 2.24) is 21.3 Å². The molecule has 0 aromatic heterocycles. The molecule has 9 heteroatoms. The van der Waals surface area contributed by atoms with Crippen molar-refractivity contribution in [2.45, 2.75) is 38.8 Å². The number of hydrogen-bond acceptors (Lipinski definition) is 5. The lowest BCUT2D eigenvalue weighted by Gasteiger charge is -2.23. The number of carbonyl (C=O) groups excluding carboxylic acids is 3. The molecule has 0 aromatic carbocycles. The SMILES string of the molecule is CC(C)C(NC(=O)C1CCCN1)C(=O)NCC(=O)NCC(=O)O. The fourth-order valence-corrected chi connectivity index (χ4v) is 2.21. The van der Waals surface area contributed by atoms with Crippen LogP contribution in [0.25, 0.3) is 0 Å². The first-order valence-electron chi connectivity index (χ1n) is 7.61. The second-order valence-electron chi connectivity index (χ2n) is 5.77. The largest absolute Gasteiger partial charge is 0.480 e. The van der Waals surface area contributed by atoms with Crippen molar-refractivity contribution < 1.29 is 24.3 Å². The Morgan fingerprint density at radius 3 is 2.39 bits per heavy atom. The number of carboxylic acids is 1. The Morgan fingerprint density at radius 2 is 1.87 bits per heavy atom. The zero-order chi connectivity index (χ0) is 17.4. The predicted molar refractivity (Wildman–Crippen MR) is 81.4 cm³/mol. The van der Waals surface area contributed by atoms with Gasteiger partial charge in [-0.15, -0.1) is 0 Å². The standard InChI is InChI=1S/C14H24N4O5/c1-8(2)12(18-13(22)9-4-3-5-15-9)14(23)17-6-10(19)16-7-11(20)21/h8-9,12,15H,3-7H2,1-2H3,(H,16,19)(H,17,23)(H,18,22)(H,20,21). The van der Waals surface area contributed by atoms with Gasteiger partial charge in [0.25, 0.3) is 0 Å². The molecule has 1 heterocycles. The first-order valence-corrected chi connectivity index (χ1v) is 7.61. The highest BCUT2D eigenvalue weighted by Crippen LogP contribution is 2.07. The van der Waals surface area contributed by atoms with E-state index in [-0.39, 0.29) is 24.4 Å². The van der Waals surface area contributed by atoms with Crippen LogP contribution < -0.4 is 21.3 Å². The summed E-state index contributed by atoms with van der Waals surface area (Å²) in [7, 11) is 0. The molecule has 2 atom stereocenters. The molecule has 0 bridgehead atoms. The van der Waals surface area contributed by atoms with E-state index in [0.717, 1.165) is 19.4 Å². The molecule has 2 unspecified atom stereocenters. The van der Waals surface area contributed by atoms with Gasteiger partial charge in [-0.05, 0) is 25.3 Å². The quantitative estimate of drug-likeness (QED) is 0.356. The van der Waals surface area contributed by atoms with Gasteiger partial charge in [-0.2, -0.15) is 0 Å². The van der Waals surface area contributed by atoms with Crippen LogP contribution in [0.15, 0.2) is 0 Å². The second kappa shape index (κ2) is 9.09. The molecule has 0 radical (unpaired) electrons. The highest BCUT2D eigenvalue weighted by atomic mass is 16.4. The summed E-state index contributed by atoms with van der Waals surface area (Å²) in [5, 5.41) is 18.7. The van der Waals surface area contributed by atoms with Gasteiger partial charge in [0.05, 0.1) is 12.6 Å². The minimum absolute atomic E-state index is 0.151. The molecule has 9 nitrogen and oxygen atoms in total. The van der Waals surface area contributed by atoms with Gasteiger partial charge in [-0.1, -0.05) is 13.8 Å². The molecule has 1 rings (SSSR count). The number of hydrogen-bond donors (Lipinski definition) is 5. The Balaban J connectivity index is 2.46. The van der Waals surface area contributed by atoms with Crippen LogP contribution in [0.3, 0.4) is 0 Å². The van der Waals surface area contributed by atoms with Crippen LogP contribution in [-0.2, 0) is 19.2 Å². The van der Waals surface area contributed by atoms with Gasteiger partial charge >= 0.3 is 5.97 Å². The van der Waals surface area contributed by atoms with Crippen LogP contribution in [0.5, 0.6) is 0 Å². The number of carboxylic acid groups (broad SMARTS) is 1. The molecule has 1 aliphatic heterocycles. The van der Waals surface area contributed by atoms with E-state index in [1.54, 1.807) is 13.8 Å². The topological polar surface area (TPSA) is 137 Å². The molecule has 1 aliphatic rings. The summed E-state index contributed by atoms with van der Waals surface area (Å²) in [4.78, 5) is 45.9. The number of carbonyl (C=O) groups is 4. The van der Waals surface area contributed by atoms with Gasteiger partial charge in [0.1, 0.15) is 12.6 Å². The minimum atomic E-state index is -1.17. The summed E-state index contributed by atoms with van der Waals surface area (Å²) in [6, 6.07) is -1.04. The lowest BCUT2D eigenvalue weighted by molar-refractivity contribution is -0.138. The third kappa shape index (κ3) is 6.64. The highest BCUT2D eigenvalue weighted by molar-refractivity contribution is 5.92. The van der Waals surface area contributed by atoms with E-state index in [2.05, 4.69) is 21.3 Å². The maximum Gasteiger partial charge on any atom is 0.322 e. The maximum absolute atomic E-state index is 12.1. The molecular weight excluding hydrogens is 304 g/mol. The molecule has 0 spiro atoms. The highest BCUT2D eigenvalue weighted by Gasteiger charge is 2.29. The Kier molecular flexibility index (Phi) is 7.46. The van der Waals surface area contributed by atoms with Crippen LogP contribution in [0.1, 0.15) is 26.7 Å². The summed E-state index contributed by atoms with van der Waals surface area (Å²) in [5.74, 6) is -2.63. The van der Waals surface area contributed by atoms with Crippen molar-refractivity contribution in [1.29, 1.82) is 0 Å². The van der Waals surface area contributed by atoms with E-state index in [1.165, 1.54) is 0 Å². The minimum Gasteiger partial charge on any atom is -0.480 e. The van der Waals surface area contributed by atoms with Crippen molar-refractivity contribution in [2.75, 3.05) is 19.6 Å². The predicted octanol–water partition coefficient (Wildman–Crippen LogP) is -1.80. The first-order chi connectivity index (χ1) is 10.8. The molecule has 1 fully saturated rings. The molecule has 0 aromatic rings. The summed E-state index contributed by atoms with van der Waals surface area (Å²) >= 11 is 0. The normalized spacial score (nSPS) is 18.3. The van der Waals surface area contributed by atoms with E-state index in [0.29, 0.717) is 0 Å². The lowest BCUT2D eigenvalue weighted by Crippen LogP contribution is -2.54. The number of nitrogens with one attached hydrogen (secondary N) is 4. The van der Waals surface area contributed by atoms with Gasteiger partial charge in [0.15, 0.2) is 0 Å². The van der Waals surface area contributed by atoms with Gasteiger partial charge in [-0.25, -0.2) is 0 Å². The molecular formula is C14H24N4O5. The average Bonchev–Trinajstić information content (AvgIpc) is 3.01. The van der Waals surface area contributed by atoms with Crippen LogP contribution >= 0.6 is 0 Å². The third-order valence-corrected chi connectivity index (χ3v) is 3.48. The van der Waals surface area contributed by atoms with Crippen molar-refractivity contribution in [3.63, 3.8) is 0 Å². The average molecular weight is 328 g/mol. The number of aliphatic carboxylic acids is 1. The molecule has 0 saturated carbocycles. The Labute approximate surface area is 134 Å². The molecule has 0 aliphatic carbocycles. The number of amides is 3. The molecule has 130 valence electrons. The van der Waals surface area contributed by atoms with Gasteiger partial charge < -0.3 is 26.4 Å². The number of rotatable bonds is 8. The van der Waals surface area contributed by atoms with Crippen LogP contribution in [0.2, 0.25) is 0 Å². The van der Waals surface area contributed by atoms with E-state index >= 15 is 0 Å². The Hall–Kier alpha value is -2.16. The first kappa shape index (κ1) is 18.9. The maximum atomic E-state index is 12.1. The second-order valence-corrected chi connectivity index (χ2v) is 5.77. The smallest absolute Gasteiger partial charge is 0.322 e. The van der Waals surface area contributed by atoms with Crippen molar-refractivity contribution >= 4 is 23.7 Å². The monoisotopic (exact) mass is 328 g/mol. The zero-order valence-electron chi connectivity index (χ0n) is 13.3. The van der Waals surface area contributed by atoms with E-state index in [9.17, 15) is 19.2 Å². The third-order valence-electron chi connectivity index (χ3n) is 3.48. The zero-order valence-corrected chi connectivity index (χ0v) is 13.3. The van der Waals surface area contributed by atoms with Gasteiger partial charge in [-0.3, -0.25) is 19.2 Å². The van der Waals surface area contributed by atoms with E-state index < -0.39 is 30.4 Å². The van der Waals surface area contributed by atoms with Crippen LogP contribution in [-0.4, -0.2) is 60.5 Å². The Bertz CT molecular complexity index is 460. The lowest BCUT2D eigenvalue weighted by atomic mass is 10.0. The van der Waals surface area contributed by atoms with Gasteiger partial charge in [0.2, 0.25) is 17.7 Å². The van der Waals surface area contributed by atoms with Crippen molar-refractivity contribution in [3.8, 4) is 0 Å². The van der Waals surface area contributed by atoms with E-state index in [1.807, 2.05) is 0 Å². The molecule has 3 amide bonds. The summed E-state index contributed by atoms with van der Waals surface area (Å²) < 4.78 is 0. The summed E-state index contributed by atoms with van der Waals surface area (Å²) in [6.07, 6.45) is 1.65. The molecule has 5 N–H and O–H groups in total. The Morgan fingerprint density at radius 1 is 1.17 bits per heavy atom. The molecule has 1 saturated heterocycles. The van der Waals surface area contributed by atoms with E-state index in [4.69, 9.17) is 5.11 Å².